The van der Waals surface area contributed by atoms with Crippen LogP contribution in [-0.2, 0) is 20.7 Å². The van der Waals surface area contributed by atoms with Gasteiger partial charge in [0.15, 0.2) is 11.2 Å². The molecule has 0 aromatic heterocycles. The highest BCUT2D eigenvalue weighted by Gasteiger charge is 2.63. The number of benzene rings is 1. The number of nitrogens with one attached hydrogen (secondary N) is 2. The van der Waals surface area contributed by atoms with Gasteiger partial charge < -0.3 is 9.64 Å². The summed E-state index contributed by atoms with van der Waals surface area (Å²) in [6, 6.07) is 0.993. The molecule has 0 saturated carbocycles. The van der Waals surface area contributed by atoms with Crippen LogP contribution in [0.2, 0.25) is 0 Å². The Morgan fingerprint density at radius 3 is 2.46 bits per heavy atom. The van der Waals surface area contributed by atoms with E-state index >= 15 is 4.39 Å². The molecule has 4 rings (SSSR count). The van der Waals surface area contributed by atoms with Gasteiger partial charge in [0.2, 0.25) is 11.8 Å². The molecule has 0 unspecified atom stereocenters. The van der Waals surface area contributed by atoms with Gasteiger partial charge in [-0.3, -0.25) is 25.0 Å². The Morgan fingerprint density at radius 1 is 1.21 bits per heavy atom. The molecule has 0 radical (unpaired) electrons. The summed E-state index contributed by atoms with van der Waals surface area (Å²) in [6.07, 6.45) is -0.986. The predicted octanol–water partition coefficient (Wildman–Crippen LogP) is 0.919. The van der Waals surface area contributed by atoms with E-state index in [0.29, 0.717) is 5.56 Å². The van der Waals surface area contributed by atoms with Crippen LogP contribution in [0.4, 0.5) is 14.9 Å². The molecular weight excluding hydrogens is 369 g/mol. The quantitative estimate of drug-likeness (QED) is 0.547. The summed E-state index contributed by atoms with van der Waals surface area (Å²) >= 11 is 0. The SMILES string of the molecule is CC(=O)c1cc(F)c2c(c1)CC1(C(=O)NC(=O)NC1=O)[C@@H]1[C@@H](C)O[C@@H](C)CN21. The lowest BCUT2D eigenvalue weighted by Gasteiger charge is -2.55. The molecule has 0 bridgehead atoms. The normalized spacial score (nSPS) is 28.4. The number of ether oxygens (including phenoxy) is 1. The number of hydrogen-bond donors (Lipinski definition) is 2. The highest BCUT2D eigenvalue weighted by atomic mass is 19.1. The van der Waals surface area contributed by atoms with Crippen LogP contribution >= 0.6 is 0 Å². The van der Waals surface area contributed by atoms with Gasteiger partial charge in [0.25, 0.3) is 0 Å². The predicted molar refractivity (Wildman–Crippen MR) is 95.4 cm³/mol. The van der Waals surface area contributed by atoms with Gasteiger partial charge in [-0.05, 0) is 38.5 Å². The van der Waals surface area contributed by atoms with E-state index in [0.717, 1.165) is 0 Å². The summed E-state index contributed by atoms with van der Waals surface area (Å²) in [6.45, 7) is 5.12. The first-order valence-corrected chi connectivity index (χ1v) is 9.07. The van der Waals surface area contributed by atoms with E-state index in [1.807, 2.05) is 6.92 Å². The Balaban J connectivity index is 1.96. The van der Waals surface area contributed by atoms with Crippen LogP contribution in [0.5, 0.6) is 0 Å². The number of hydrogen-bond acceptors (Lipinski definition) is 6. The monoisotopic (exact) mass is 389 g/mol. The number of barbiturate groups is 1. The number of nitrogens with zero attached hydrogens (tertiary/aromatic N) is 1. The van der Waals surface area contributed by atoms with Gasteiger partial charge in [-0.15, -0.1) is 0 Å². The molecule has 3 aliphatic heterocycles. The fourth-order valence-electron chi connectivity index (χ4n) is 4.74. The number of fused-ring (bicyclic) bond motifs is 4. The Morgan fingerprint density at radius 2 is 1.86 bits per heavy atom. The van der Waals surface area contributed by atoms with Crippen molar-refractivity contribution in [3.05, 3.63) is 29.1 Å². The standard InChI is InChI=1S/C19H20FN3O5/c1-8-7-23-14-12(4-11(9(2)24)5-13(14)20)6-19(15(23)10(3)28-8)16(25)21-18(27)22-17(19)26/h4-5,8,10,15H,6-7H2,1-3H3,(H2,21,22,25,26,27)/t8-,10+,15-/m0/s1. The Bertz CT molecular complexity index is 910. The summed E-state index contributed by atoms with van der Waals surface area (Å²) in [4.78, 5) is 51.0. The number of ketones is 1. The summed E-state index contributed by atoms with van der Waals surface area (Å²) in [5, 5.41) is 4.33. The summed E-state index contributed by atoms with van der Waals surface area (Å²) in [7, 11) is 0. The molecule has 3 aliphatic rings. The van der Waals surface area contributed by atoms with E-state index in [1.54, 1.807) is 11.8 Å². The van der Waals surface area contributed by atoms with Crippen molar-refractivity contribution in [3.8, 4) is 0 Å². The average molecular weight is 389 g/mol. The van der Waals surface area contributed by atoms with Crippen molar-refractivity contribution in [3.63, 3.8) is 0 Å². The van der Waals surface area contributed by atoms with Gasteiger partial charge in [-0.1, -0.05) is 0 Å². The first-order valence-electron chi connectivity index (χ1n) is 9.07. The number of amides is 4. The summed E-state index contributed by atoms with van der Waals surface area (Å²) in [5.41, 5.74) is -0.878. The highest BCUT2D eigenvalue weighted by Crippen LogP contribution is 2.47. The summed E-state index contributed by atoms with van der Waals surface area (Å²) < 4.78 is 20.9. The van der Waals surface area contributed by atoms with Gasteiger partial charge in [-0.2, -0.15) is 0 Å². The number of Topliss-reactive ketones (excluding diaryl/α,β-unsaturated/α-hetero) is 1. The maximum absolute atomic E-state index is 15.0. The molecule has 2 fully saturated rings. The number of morpholine rings is 1. The lowest BCUT2D eigenvalue weighted by atomic mass is 9.66. The lowest BCUT2D eigenvalue weighted by molar-refractivity contribution is -0.153. The van der Waals surface area contributed by atoms with Crippen molar-refractivity contribution in [1.82, 2.24) is 10.6 Å². The zero-order valence-corrected chi connectivity index (χ0v) is 15.7. The van der Waals surface area contributed by atoms with Crippen LogP contribution in [0, 0.1) is 11.2 Å². The lowest BCUT2D eigenvalue weighted by Crippen LogP contribution is -2.75. The number of rotatable bonds is 1. The fraction of sp³-hybridized carbons (Fsp3) is 0.474. The molecule has 8 nitrogen and oxygen atoms in total. The Hall–Kier alpha value is -2.81. The molecule has 9 heteroatoms. The van der Waals surface area contributed by atoms with Crippen LogP contribution in [0.25, 0.3) is 0 Å². The van der Waals surface area contributed by atoms with Gasteiger partial charge in [0, 0.05) is 18.5 Å². The molecule has 28 heavy (non-hydrogen) atoms. The number of imide groups is 2. The molecule has 1 spiro atoms. The van der Waals surface area contributed by atoms with Gasteiger partial charge in [-0.25, -0.2) is 9.18 Å². The minimum Gasteiger partial charge on any atom is -0.372 e. The highest BCUT2D eigenvalue weighted by molar-refractivity contribution is 6.20. The molecule has 4 amide bonds. The van der Waals surface area contributed by atoms with Crippen molar-refractivity contribution in [2.24, 2.45) is 5.41 Å². The molecule has 2 N–H and O–H groups in total. The molecule has 3 atom stereocenters. The molecule has 1 aromatic rings. The van der Waals surface area contributed by atoms with E-state index in [4.69, 9.17) is 4.74 Å². The van der Waals surface area contributed by atoms with Crippen molar-refractivity contribution in [1.29, 1.82) is 0 Å². The van der Waals surface area contributed by atoms with E-state index in [1.165, 1.54) is 19.1 Å². The maximum Gasteiger partial charge on any atom is 0.328 e. The van der Waals surface area contributed by atoms with Crippen LogP contribution in [0.1, 0.15) is 36.7 Å². The zero-order valence-electron chi connectivity index (χ0n) is 15.7. The molecular formula is C19H20FN3O5. The Kier molecular flexibility index (Phi) is 4.04. The molecule has 2 saturated heterocycles. The second-order valence-corrected chi connectivity index (χ2v) is 7.66. The zero-order chi connectivity index (χ0) is 20.4. The maximum atomic E-state index is 15.0. The van der Waals surface area contributed by atoms with E-state index in [-0.39, 0.29) is 36.1 Å². The van der Waals surface area contributed by atoms with E-state index < -0.39 is 41.2 Å². The van der Waals surface area contributed by atoms with Crippen molar-refractivity contribution in [2.75, 3.05) is 11.4 Å². The minimum absolute atomic E-state index is 0.144. The molecule has 1 aromatic carbocycles. The number of urea groups is 1. The van der Waals surface area contributed by atoms with Gasteiger partial charge in [0.1, 0.15) is 5.82 Å². The topological polar surface area (TPSA) is 105 Å². The first kappa shape index (κ1) is 18.5. The number of halogens is 1. The van der Waals surface area contributed by atoms with Gasteiger partial charge in [0.05, 0.1) is 23.9 Å². The van der Waals surface area contributed by atoms with E-state index in [9.17, 15) is 19.2 Å². The number of anilines is 1. The number of carbonyl (C=O) groups excluding carboxylic acids is 4. The van der Waals surface area contributed by atoms with Crippen LogP contribution < -0.4 is 15.5 Å². The summed E-state index contributed by atoms with van der Waals surface area (Å²) in [5.74, 6) is -2.41. The third-order valence-electron chi connectivity index (χ3n) is 5.76. The van der Waals surface area contributed by atoms with Crippen LogP contribution in [0.3, 0.4) is 0 Å². The Labute approximate surface area is 160 Å². The van der Waals surface area contributed by atoms with Crippen molar-refractivity contribution >= 4 is 29.3 Å². The smallest absolute Gasteiger partial charge is 0.328 e. The molecule has 3 heterocycles. The average Bonchev–Trinajstić information content (AvgIpc) is 2.58. The molecule has 148 valence electrons. The third-order valence-corrected chi connectivity index (χ3v) is 5.76. The van der Waals surface area contributed by atoms with Crippen LogP contribution in [0.15, 0.2) is 12.1 Å². The fourth-order valence-corrected chi connectivity index (χ4v) is 4.74. The second kappa shape index (κ2) is 6.10. The van der Waals surface area contributed by atoms with Crippen molar-refractivity contribution in [2.45, 2.75) is 45.4 Å². The van der Waals surface area contributed by atoms with E-state index in [2.05, 4.69) is 10.6 Å². The first-order chi connectivity index (χ1) is 13.1. The van der Waals surface area contributed by atoms with Gasteiger partial charge >= 0.3 is 6.03 Å². The number of carbonyl (C=O) groups is 4. The second-order valence-electron chi connectivity index (χ2n) is 7.66. The van der Waals surface area contributed by atoms with Crippen LogP contribution in [-0.4, -0.2) is 48.4 Å². The molecule has 0 aliphatic carbocycles. The largest absolute Gasteiger partial charge is 0.372 e. The minimum atomic E-state index is -1.68. The third kappa shape index (κ3) is 2.46. The van der Waals surface area contributed by atoms with Crippen molar-refractivity contribution < 1.29 is 28.3 Å².